The standard InChI is InChI=1S/C31H32N5O8P/c1-2-44-45(43,20-34-30(39)24-11-6-7-12-25(24)31(34)40)35-18-8-13-27(35)29(38)33-26(19-21-9-4-3-5-10-21)28(37)32-22-14-16-23(17-15-22)36(41)42/h3-7,9-12,14-17,26-27H,2,8,13,18-20H2,1H3,(H,32,37)(H,33,38)/t26-,27-,45-/m0/s1. The number of imide groups is 1. The maximum Gasteiger partial charge on any atom is 0.292 e. The second-order valence-corrected chi connectivity index (χ2v) is 13.0. The van der Waals surface area contributed by atoms with Gasteiger partial charge in [-0.25, -0.2) is 4.67 Å². The van der Waals surface area contributed by atoms with Crippen LogP contribution in [0.25, 0.3) is 0 Å². The van der Waals surface area contributed by atoms with E-state index in [1.165, 1.54) is 41.1 Å². The van der Waals surface area contributed by atoms with E-state index in [1.54, 1.807) is 31.2 Å². The lowest BCUT2D eigenvalue weighted by atomic mass is 10.0. The lowest BCUT2D eigenvalue weighted by molar-refractivity contribution is -0.384. The van der Waals surface area contributed by atoms with Crippen LogP contribution >= 0.6 is 7.52 Å². The first-order chi connectivity index (χ1) is 21.6. The number of carbonyl (C=O) groups is 4. The number of nitro groups is 1. The van der Waals surface area contributed by atoms with Gasteiger partial charge in [-0.05, 0) is 49.6 Å². The first kappa shape index (κ1) is 31.7. The van der Waals surface area contributed by atoms with E-state index in [0.717, 1.165) is 10.5 Å². The van der Waals surface area contributed by atoms with E-state index in [0.29, 0.717) is 18.5 Å². The third kappa shape index (κ3) is 6.85. The van der Waals surface area contributed by atoms with Gasteiger partial charge in [0.15, 0.2) is 0 Å². The Morgan fingerprint density at radius 1 is 1.00 bits per heavy atom. The van der Waals surface area contributed by atoms with Gasteiger partial charge in [0.1, 0.15) is 12.3 Å². The minimum Gasteiger partial charge on any atom is -0.343 e. The Morgan fingerprint density at radius 3 is 2.22 bits per heavy atom. The van der Waals surface area contributed by atoms with E-state index in [2.05, 4.69) is 10.6 Å². The number of benzene rings is 3. The summed E-state index contributed by atoms with van der Waals surface area (Å²) in [5, 5.41) is 16.5. The van der Waals surface area contributed by atoms with Crippen LogP contribution in [-0.4, -0.2) is 69.6 Å². The number of carbonyl (C=O) groups excluding carboxylic acids is 4. The van der Waals surface area contributed by atoms with Gasteiger partial charge in [0.2, 0.25) is 11.8 Å². The van der Waals surface area contributed by atoms with E-state index in [9.17, 15) is 33.9 Å². The van der Waals surface area contributed by atoms with Gasteiger partial charge in [0, 0.05) is 30.8 Å². The number of hydrogen-bond donors (Lipinski definition) is 2. The zero-order chi connectivity index (χ0) is 32.1. The molecule has 13 nitrogen and oxygen atoms in total. The van der Waals surface area contributed by atoms with Gasteiger partial charge in [0.25, 0.3) is 25.0 Å². The van der Waals surface area contributed by atoms with Gasteiger partial charge in [-0.3, -0.25) is 38.8 Å². The van der Waals surface area contributed by atoms with E-state index in [4.69, 9.17) is 4.52 Å². The van der Waals surface area contributed by atoms with Crippen LogP contribution < -0.4 is 10.6 Å². The number of anilines is 1. The molecule has 3 atom stereocenters. The summed E-state index contributed by atoms with van der Waals surface area (Å²) in [7, 11) is -3.93. The highest BCUT2D eigenvalue weighted by molar-refractivity contribution is 7.56. The Bertz CT molecular complexity index is 1630. The molecular formula is C31H32N5O8P. The van der Waals surface area contributed by atoms with Crippen molar-refractivity contribution in [2.45, 2.75) is 38.3 Å². The molecule has 2 aliphatic heterocycles. The van der Waals surface area contributed by atoms with Crippen LogP contribution in [0.2, 0.25) is 0 Å². The number of amides is 4. The van der Waals surface area contributed by atoms with Gasteiger partial charge in [0.05, 0.1) is 28.7 Å². The fourth-order valence-electron chi connectivity index (χ4n) is 5.55. The zero-order valence-electron chi connectivity index (χ0n) is 24.5. The maximum atomic E-state index is 14.4. The average Bonchev–Trinajstić information content (AvgIpc) is 3.63. The molecule has 0 spiro atoms. The monoisotopic (exact) mass is 633 g/mol. The molecule has 2 heterocycles. The second-order valence-electron chi connectivity index (χ2n) is 10.6. The van der Waals surface area contributed by atoms with Crippen molar-refractivity contribution in [3.63, 3.8) is 0 Å². The molecule has 0 aliphatic carbocycles. The Balaban J connectivity index is 1.35. The van der Waals surface area contributed by atoms with Gasteiger partial charge in [-0.2, -0.15) is 0 Å². The molecule has 2 aliphatic rings. The van der Waals surface area contributed by atoms with Crippen LogP contribution in [0.3, 0.4) is 0 Å². The number of hydrogen-bond acceptors (Lipinski definition) is 8. The lowest BCUT2D eigenvalue weighted by Gasteiger charge is -2.34. The largest absolute Gasteiger partial charge is 0.343 e. The fraction of sp³-hybridized carbons (Fsp3) is 0.290. The highest BCUT2D eigenvalue weighted by Gasteiger charge is 2.48. The first-order valence-corrected chi connectivity index (χ1v) is 16.2. The molecular weight excluding hydrogens is 601 g/mol. The maximum absolute atomic E-state index is 14.4. The summed E-state index contributed by atoms with van der Waals surface area (Å²) in [4.78, 5) is 64.7. The third-order valence-corrected chi connectivity index (χ3v) is 10.3. The predicted molar refractivity (Wildman–Crippen MR) is 165 cm³/mol. The van der Waals surface area contributed by atoms with E-state index in [1.807, 2.05) is 18.2 Å². The summed E-state index contributed by atoms with van der Waals surface area (Å²) in [6.07, 6.45) is 0.421. The molecule has 0 saturated carbocycles. The molecule has 2 N–H and O–H groups in total. The Labute approximate surface area is 259 Å². The van der Waals surface area contributed by atoms with Crippen molar-refractivity contribution >= 4 is 42.5 Å². The topological polar surface area (TPSA) is 168 Å². The number of nitro benzene ring substituents is 1. The van der Waals surface area contributed by atoms with Crippen molar-refractivity contribution in [1.29, 1.82) is 0 Å². The summed E-state index contributed by atoms with van der Waals surface area (Å²) in [5.41, 5.74) is 1.37. The highest BCUT2D eigenvalue weighted by atomic mass is 31.2. The minimum atomic E-state index is -3.93. The smallest absolute Gasteiger partial charge is 0.292 e. The van der Waals surface area contributed by atoms with Crippen molar-refractivity contribution in [3.8, 4) is 0 Å². The van der Waals surface area contributed by atoms with Crippen molar-refractivity contribution in [1.82, 2.24) is 14.9 Å². The number of nitrogens with zero attached hydrogens (tertiary/aromatic N) is 3. The average molecular weight is 634 g/mol. The molecule has 5 rings (SSSR count). The molecule has 0 unspecified atom stereocenters. The molecule has 0 bridgehead atoms. The van der Waals surface area contributed by atoms with E-state index < -0.39 is 54.4 Å². The Kier molecular flexibility index (Phi) is 9.52. The Hall–Kier alpha value is -4.71. The van der Waals surface area contributed by atoms with Crippen LogP contribution in [-0.2, 0) is 25.1 Å². The molecule has 45 heavy (non-hydrogen) atoms. The van der Waals surface area contributed by atoms with Crippen LogP contribution in [0.15, 0.2) is 78.9 Å². The molecule has 3 aromatic rings. The first-order valence-electron chi connectivity index (χ1n) is 14.5. The second kappa shape index (κ2) is 13.5. The molecule has 1 fully saturated rings. The third-order valence-electron chi connectivity index (χ3n) is 7.71. The summed E-state index contributed by atoms with van der Waals surface area (Å²) < 4.78 is 21.6. The van der Waals surface area contributed by atoms with Crippen molar-refractivity contribution in [3.05, 3.63) is 106 Å². The normalized spacial score (nSPS) is 18.2. The predicted octanol–water partition coefficient (Wildman–Crippen LogP) is 4.21. The van der Waals surface area contributed by atoms with Gasteiger partial charge >= 0.3 is 0 Å². The molecule has 1 saturated heterocycles. The number of nitrogens with one attached hydrogen (secondary N) is 2. The van der Waals surface area contributed by atoms with Gasteiger partial charge in [-0.15, -0.1) is 0 Å². The Morgan fingerprint density at radius 2 is 1.62 bits per heavy atom. The van der Waals surface area contributed by atoms with Crippen LogP contribution in [0.5, 0.6) is 0 Å². The van der Waals surface area contributed by atoms with E-state index in [-0.39, 0.29) is 36.4 Å². The summed E-state index contributed by atoms with van der Waals surface area (Å²) in [5.74, 6) is -2.28. The SMILES string of the molecule is CCO[P@@](=O)(CN1C(=O)c2ccccc2C1=O)N1CCC[C@H]1C(=O)N[C@@H](Cc1ccccc1)C(=O)Nc1ccc([N+](=O)[O-])cc1. The molecule has 4 amide bonds. The molecule has 0 aromatic heterocycles. The molecule has 0 radical (unpaired) electrons. The minimum absolute atomic E-state index is 0.0135. The van der Waals surface area contributed by atoms with Crippen molar-refractivity contribution in [2.75, 3.05) is 24.8 Å². The number of non-ortho nitro benzene ring substituents is 1. The quantitative estimate of drug-likeness (QED) is 0.128. The van der Waals surface area contributed by atoms with Crippen molar-refractivity contribution < 1.29 is 33.2 Å². The van der Waals surface area contributed by atoms with Crippen molar-refractivity contribution in [2.24, 2.45) is 0 Å². The molecule has 14 heteroatoms. The lowest BCUT2D eigenvalue weighted by Crippen LogP contribution is -2.51. The zero-order valence-corrected chi connectivity index (χ0v) is 25.4. The van der Waals surface area contributed by atoms with Crippen LogP contribution in [0.1, 0.15) is 46.0 Å². The van der Waals surface area contributed by atoms with Crippen LogP contribution in [0.4, 0.5) is 11.4 Å². The van der Waals surface area contributed by atoms with Gasteiger partial charge in [-0.1, -0.05) is 42.5 Å². The fourth-order valence-corrected chi connectivity index (χ4v) is 8.05. The summed E-state index contributed by atoms with van der Waals surface area (Å²) >= 11 is 0. The molecule has 234 valence electrons. The number of fused-ring (bicyclic) bond motifs is 1. The highest BCUT2D eigenvalue weighted by Crippen LogP contribution is 2.55. The number of rotatable bonds is 12. The molecule has 3 aromatic carbocycles. The van der Waals surface area contributed by atoms with Crippen LogP contribution in [0, 0.1) is 10.1 Å². The summed E-state index contributed by atoms with van der Waals surface area (Å²) in [6.45, 7) is 1.87. The van der Waals surface area contributed by atoms with Gasteiger partial charge < -0.3 is 15.2 Å². The van der Waals surface area contributed by atoms with E-state index >= 15 is 0 Å². The summed E-state index contributed by atoms with van der Waals surface area (Å²) in [6, 6.07) is 18.7.